The fourth-order valence-electron chi connectivity index (χ4n) is 6.60. The molecule has 9 nitrogen and oxygen atoms in total. The molecule has 1 N–H and O–H groups in total. The monoisotopic (exact) mass is 645 g/mol. The average molecular weight is 647 g/mol. The SMILES string of the molecule is COc1nc(CC(C)C)c(CN2C[C@@H]3CN(C(=O)CO)CCN3[C@H](C(c3ccccc3)c3ccccc3)C2)c(OC)n1.Cl.Cl. The number of benzene rings is 2. The molecule has 2 saturated heterocycles. The Morgan fingerprint density at radius 3 is 2.09 bits per heavy atom. The summed E-state index contributed by atoms with van der Waals surface area (Å²) in [6.45, 7) is 8.08. The first-order valence-electron chi connectivity index (χ1n) is 14.9. The number of fused-ring (bicyclic) bond motifs is 1. The minimum atomic E-state index is -0.463. The summed E-state index contributed by atoms with van der Waals surface area (Å²) in [5.41, 5.74) is 4.47. The van der Waals surface area contributed by atoms with Crippen molar-refractivity contribution in [2.75, 3.05) is 53.6 Å². The Morgan fingerprint density at radius 1 is 0.909 bits per heavy atom. The van der Waals surface area contributed by atoms with Crippen molar-refractivity contribution in [2.24, 2.45) is 5.92 Å². The maximum atomic E-state index is 12.6. The number of aliphatic hydroxyl groups is 1. The summed E-state index contributed by atoms with van der Waals surface area (Å²) < 4.78 is 11.2. The fourth-order valence-corrected chi connectivity index (χ4v) is 6.60. The van der Waals surface area contributed by atoms with Crippen LogP contribution in [-0.4, -0.2) is 101 Å². The van der Waals surface area contributed by atoms with Crippen molar-refractivity contribution in [3.63, 3.8) is 0 Å². The molecule has 2 aliphatic heterocycles. The molecule has 2 fully saturated rings. The number of ether oxygens (including phenoxy) is 2. The maximum Gasteiger partial charge on any atom is 0.319 e. The van der Waals surface area contributed by atoms with Crippen molar-refractivity contribution in [3.05, 3.63) is 83.0 Å². The lowest BCUT2D eigenvalue weighted by Crippen LogP contribution is -2.67. The van der Waals surface area contributed by atoms with E-state index in [1.54, 1.807) is 14.2 Å². The highest BCUT2D eigenvalue weighted by molar-refractivity contribution is 5.85. The number of rotatable bonds is 10. The lowest BCUT2D eigenvalue weighted by atomic mass is 9.81. The van der Waals surface area contributed by atoms with Gasteiger partial charge in [0.2, 0.25) is 11.8 Å². The molecule has 2 aromatic carbocycles. The number of amides is 1. The maximum absolute atomic E-state index is 12.6. The van der Waals surface area contributed by atoms with Gasteiger partial charge in [0.05, 0.1) is 25.5 Å². The summed E-state index contributed by atoms with van der Waals surface area (Å²) in [5.74, 6) is 0.867. The predicted octanol–water partition coefficient (Wildman–Crippen LogP) is 4.06. The lowest BCUT2D eigenvalue weighted by Gasteiger charge is -2.53. The second kappa shape index (κ2) is 16.4. The van der Waals surface area contributed by atoms with Gasteiger partial charge in [-0.1, -0.05) is 74.5 Å². The minimum absolute atomic E-state index is 0. The number of aliphatic hydroxyl groups excluding tert-OH is 1. The van der Waals surface area contributed by atoms with Crippen LogP contribution in [0.25, 0.3) is 0 Å². The molecule has 5 rings (SSSR count). The number of aromatic nitrogens is 2. The molecular formula is C33H45Cl2N5O4. The second-order valence-electron chi connectivity index (χ2n) is 11.7. The van der Waals surface area contributed by atoms with E-state index < -0.39 is 6.61 Å². The van der Waals surface area contributed by atoms with Gasteiger partial charge < -0.3 is 19.5 Å². The van der Waals surface area contributed by atoms with Gasteiger partial charge in [-0.15, -0.1) is 24.8 Å². The standard InChI is InChI=1S/C33H43N5O4.2ClH/c1-23(2)17-28-27(32(41-3)35-33(34-28)42-4)20-36-18-26-19-37(30(40)22-39)15-16-38(26)29(21-36)31(24-11-7-5-8-12-24)25-13-9-6-10-14-25;;/h5-14,23,26,29,31,39H,15-22H2,1-4H3;2*1H/t26-,29+;;/m1../s1. The van der Waals surface area contributed by atoms with E-state index in [0.29, 0.717) is 37.4 Å². The molecule has 1 aromatic heterocycles. The summed E-state index contributed by atoms with van der Waals surface area (Å²) in [6, 6.07) is 22.0. The number of methoxy groups -OCH3 is 2. The van der Waals surface area contributed by atoms with Gasteiger partial charge in [0.1, 0.15) is 6.61 Å². The van der Waals surface area contributed by atoms with Crippen LogP contribution in [0.3, 0.4) is 0 Å². The highest BCUT2D eigenvalue weighted by Gasteiger charge is 2.43. The van der Waals surface area contributed by atoms with E-state index in [2.05, 4.69) is 89.3 Å². The van der Waals surface area contributed by atoms with Gasteiger partial charge in [-0.2, -0.15) is 9.97 Å². The van der Waals surface area contributed by atoms with Crippen LogP contribution in [0.2, 0.25) is 0 Å². The number of piperazine rings is 2. The zero-order valence-electron chi connectivity index (χ0n) is 26.0. The molecule has 2 atom stereocenters. The van der Waals surface area contributed by atoms with Crippen LogP contribution in [0, 0.1) is 5.92 Å². The van der Waals surface area contributed by atoms with E-state index in [-0.39, 0.29) is 48.7 Å². The van der Waals surface area contributed by atoms with Gasteiger partial charge in [0.15, 0.2) is 0 Å². The lowest BCUT2D eigenvalue weighted by molar-refractivity contribution is -0.139. The van der Waals surface area contributed by atoms with Crippen LogP contribution in [0.5, 0.6) is 11.9 Å². The molecule has 0 spiro atoms. The summed E-state index contributed by atoms with van der Waals surface area (Å²) in [6.07, 6.45) is 0.785. The summed E-state index contributed by atoms with van der Waals surface area (Å²) >= 11 is 0. The smallest absolute Gasteiger partial charge is 0.319 e. The van der Waals surface area contributed by atoms with Crippen molar-refractivity contribution in [3.8, 4) is 11.9 Å². The molecule has 3 aromatic rings. The van der Waals surface area contributed by atoms with Crippen LogP contribution in [0.15, 0.2) is 60.7 Å². The third kappa shape index (κ3) is 8.00. The van der Waals surface area contributed by atoms with Crippen molar-refractivity contribution in [1.29, 1.82) is 0 Å². The number of carbonyl (C=O) groups is 1. The molecule has 240 valence electrons. The number of nitrogens with zero attached hydrogens (tertiary/aromatic N) is 5. The van der Waals surface area contributed by atoms with Crippen molar-refractivity contribution in [1.82, 2.24) is 24.7 Å². The van der Waals surface area contributed by atoms with E-state index in [1.165, 1.54) is 11.1 Å². The van der Waals surface area contributed by atoms with Gasteiger partial charge >= 0.3 is 6.01 Å². The number of hydrogen-bond acceptors (Lipinski definition) is 8. The molecule has 11 heteroatoms. The van der Waals surface area contributed by atoms with E-state index in [4.69, 9.17) is 14.5 Å². The van der Waals surface area contributed by atoms with E-state index in [9.17, 15) is 9.90 Å². The molecule has 2 aliphatic rings. The van der Waals surface area contributed by atoms with Crippen LogP contribution >= 0.6 is 24.8 Å². The minimum Gasteiger partial charge on any atom is -0.481 e. The molecular weight excluding hydrogens is 601 g/mol. The summed E-state index contributed by atoms with van der Waals surface area (Å²) in [5, 5.41) is 9.62. The first kappa shape index (κ1) is 35.5. The third-order valence-electron chi connectivity index (χ3n) is 8.45. The molecule has 3 heterocycles. The van der Waals surface area contributed by atoms with Crippen LogP contribution in [0.1, 0.15) is 42.1 Å². The van der Waals surface area contributed by atoms with Gasteiger partial charge in [-0.05, 0) is 23.5 Å². The highest BCUT2D eigenvalue weighted by atomic mass is 35.5. The molecule has 1 amide bonds. The number of hydrogen-bond donors (Lipinski definition) is 1. The molecule has 0 unspecified atom stereocenters. The quantitative estimate of drug-likeness (QED) is 0.353. The van der Waals surface area contributed by atoms with E-state index in [0.717, 1.165) is 37.3 Å². The zero-order chi connectivity index (χ0) is 29.6. The Balaban J connectivity index is 0.00000264. The van der Waals surface area contributed by atoms with Crippen molar-refractivity contribution >= 4 is 30.7 Å². The summed E-state index contributed by atoms with van der Waals surface area (Å²) in [4.78, 5) is 28.7. The van der Waals surface area contributed by atoms with Crippen LogP contribution in [-0.2, 0) is 17.8 Å². The summed E-state index contributed by atoms with van der Waals surface area (Å²) in [7, 11) is 3.22. The molecule has 0 radical (unpaired) electrons. The highest BCUT2D eigenvalue weighted by Crippen LogP contribution is 2.37. The van der Waals surface area contributed by atoms with E-state index >= 15 is 0 Å². The molecule has 0 saturated carbocycles. The van der Waals surface area contributed by atoms with Crippen LogP contribution < -0.4 is 9.47 Å². The first-order valence-corrected chi connectivity index (χ1v) is 14.9. The molecule has 0 bridgehead atoms. The molecule has 44 heavy (non-hydrogen) atoms. The number of carbonyl (C=O) groups excluding carboxylic acids is 1. The van der Waals surface area contributed by atoms with Gasteiger partial charge in [-0.3, -0.25) is 14.6 Å². The number of halogens is 2. The normalized spacial score (nSPS) is 18.8. The largest absolute Gasteiger partial charge is 0.481 e. The molecule has 0 aliphatic carbocycles. The topological polar surface area (TPSA) is 91.3 Å². The Bertz CT molecular complexity index is 1300. The second-order valence-corrected chi connectivity index (χ2v) is 11.7. The Kier molecular flexibility index (Phi) is 13.2. The van der Waals surface area contributed by atoms with Crippen molar-refractivity contribution < 1.29 is 19.4 Å². The predicted molar refractivity (Wildman–Crippen MR) is 176 cm³/mol. The first-order chi connectivity index (χ1) is 20.4. The zero-order valence-corrected chi connectivity index (χ0v) is 27.6. The van der Waals surface area contributed by atoms with Crippen LogP contribution in [0.4, 0.5) is 0 Å². The van der Waals surface area contributed by atoms with Gasteiger partial charge in [0, 0.05) is 57.3 Å². The van der Waals surface area contributed by atoms with Gasteiger partial charge in [0.25, 0.3) is 0 Å². The average Bonchev–Trinajstić information content (AvgIpc) is 3.02. The van der Waals surface area contributed by atoms with E-state index in [1.807, 2.05) is 4.90 Å². The Hall–Kier alpha value is -2.95. The Morgan fingerprint density at radius 2 is 1.55 bits per heavy atom. The Labute approximate surface area is 273 Å². The third-order valence-corrected chi connectivity index (χ3v) is 8.45. The van der Waals surface area contributed by atoms with Crippen molar-refractivity contribution in [2.45, 2.75) is 44.8 Å². The van der Waals surface area contributed by atoms with Gasteiger partial charge in [-0.25, -0.2) is 0 Å². The fraction of sp³-hybridized carbons (Fsp3) is 0.485.